The number of hydrogen-bond acceptors (Lipinski definition) is 1. The van der Waals surface area contributed by atoms with E-state index in [1.54, 1.807) is 0 Å². The van der Waals surface area contributed by atoms with Gasteiger partial charge in [0.1, 0.15) is 0 Å². The highest BCUT2D eigenvalue weighted by Crippen LogP contribution is 2.59. The number of rotatable bonds is 2. The van der Waals surface area contributed by atoms with Gasteiger partial charge in [-0.2, -0.15) is 0 Å². The Labute approximate surface area is 90.8 Å². The normalized spacial score (nSPS) is 38.2. The Balaban J connectivity index is 1.69. The zero-order valence-electron chi connectivity index (χ0n) is 9.02. The molecule has 1 aromatic rings. The number of ether oxygens (including phenoxy) is 1. The van der Waals surface area contributed by atoms with E-state index in [0.717, 1.165) is 12.5 Å². The van der Waals surface area contributed by atoms with Crippen LogP contribution in [-0.2, 0) is 4.74 Å². The molecule has 0 N–H and O–H groups in total. The average molecular weight is 200 g/mol. The molecule has 2 fully saturated rings. The van der Waals surface area contributed by atoms with Crippen LogP contribution in [0.1, 0.15) is 18.9 Å². The first-order chi connectivity index (χ1) is 7.28. The zero-order chi connectivity index (χ0) is 10.3. The first-order valence-electron chi connectivity index (χ1n) is 5.63. The van der Waals surface area contributed by atoms with E-state index >= 15 is 0 Å². The standard InChI is InChI=1S/C14H16O/c1-14-9-12(14)13(15-10-14)8-7-11-5-3-2-4-6-11/h2-8,12-13H,9-10H2,1H3/b8-7+/t12?,13-,14+/m0/s1. The molecule has 1 aliphatic carbocycles. The second kappa shape index (κ2) is 3.21. The highest BCUT2D eigenvalue weighted by atomic mass is 16.5. The molecular weight excluding hydrogens is 184 g/mol. The number of fused-ring (bicyclic) bond motifs is 1. The van der Waals surface area contributed by atoms with Crippen molar-refractivity contribution in [3.8, 4) is 0 Å². The van der Waals surface area contributed by atoms with Crippen LogP contribution in [0.2, 0.25) is 0 Å². The topological polar surface area (TPSA) is 9.23 Å². The fourth-order valence-corrected chi connectivity index (χ4v) is 2.48. The Hall–Kier alpha value is -1.08. The summed E-state index contributed by atoms with van der Waals surface area (Å²) in [5.74, 6) is 0.775. The van der Waals surface area contributed by atoms with Gasteiger partial charge in [0.05, 0.1) is 12.7 Å². The van der Waals surface area contributed by atoms with Gasteiger partial charge in [-0.3, -0.25) is 0 Å². The summed E-state index contributed by atoms with van der Waals surface area (Å²) in [7, 11) is 0. The number of hydrogen-bond donors (Lipinski definition) is 0. The van der Waals surface area contributed by atoms with E-state index in [1.165, 1.54) is 12.0 Å². The molecule has 3 atom stereocenters. The van der Waals surface area contributed by atoms with Crippen LogP contribution in [-0.4, -0.2) is 12.7 Å². The van der Waals surface area contributed by atoms with Gasteiger partial charge in [-0.15, -0.1) is 0 Å². The number of benzene rings is 1. The zero-order valence-corrected chi connectivity index (χ0v) is 9.02. The third-order valence-corrected chi connectivity index (χ3v) is 3.70. The lowest BCUT2D eigenvalue weighted by molar-refractivity contribution is 0.104. The second-order valence-corrected chi connectivity index (χ2v) is 5.01. The summed E-state index contributed by atoms with van der Waals surface area (Å²) in [4.78, 5) is 0. The predicted molar refractivity (Wildman–Crippen MR) is 61.4 cm³/mol. The molecule has 1 nitrogen and oxygen atoms in total. The van der Waals surface area contributed by atoms with E-state index in [0.29, 0.717) is 11.5 Å². The van der Waals surface area contributed by atoms with Crippen molar-refractivity contribution in [2.45, 2.75) is 19.4 Å². The van der Waals surface area contributed by atoms with Crippen LogP contribution in [0.5, 0.6) is 0 Å². The van der Waals surface area contributed by atoms with E-state index in [2.05, 4.69) is 43.3 Å². The maximum atomic E-state index is 5.75. The van der Waals surface area contributed by atoms with Crippen LogP contribution in [0.15, 0.2) is 36.4 Å². The summed E-state index contributed by atoms with van der Waals surface area (Å²) >= 11 is 0. The third-order valence-electron chi connectivity index (χ3n) is 3.70. The molecule has 3 rings (SSSR count). The smallest absolute Gasteiger partial charge is 0.0793 e. The lowest BCUT2D eigenvalue weighted by Gasteiger charge is -2.05. The van der Waals surface area contributed by atoms with Crippen molar-refractivity contribution in [2.75, 3.05) is 6.61 Å². The van der Waals surface area contributed by atoms with Crippen molar-refractivity contribution in [1.29, 1.82) is 0 Å². The van der Waals surface area contributed by atoms with E-state index in [1.807, 2.05) is 6.07 Å². The van der Waals surface area contributed by atoms with Gasteiger partial charge in [0.2, 0.25) is 0 Å². The van der Waals surface area contributed by atoms with Crippen molar-refractivity contribution in [3.05, 3.63) is 42.0 Å². The first-order valence-corrected chi connectivity index (χ1v) is 5.63. The van der Waals surface area contributed by atoms with Crippen molar-refractivity contribution in [1.82, 2.24) is 0 Å². The Morgan fingerprint density at radius 1 is 1.33 bits per heavy atom. The lowest BCUT2D eigenvalue weighted by atomic mass is 10.1. The molecular formula is C14H16O. The van der Waals surface area contributed by atoms with Crippen LogP contribution in [0.4, 0.5) is 0 Å². The highest BCUT2D eigenvalue weighted by Gasteiger charge is 2.58. The minimum Gasteiger partial charge on any atom is -0.373 e. The molecule has 0 aromatic heterocycles. The summed E-state index contributed by atoms with van der Waals surface area (Å²) in [6, 6.07) is 10.4. The minimum atomic E-state index is 0.357. The van der Waals surface area contributed by atoms with Crippen molar-refractivity contribution < 1.29 is 4.74 Å². The van der Waals surface area contributed by atoms with Gasteiger partial charge in [0, 0.05) is 0 Å². The molecule has 1 unspecified atom stereocenters. The van der Waals surface area contributed by atoms with Crippen LogP contribution in [0.25, 0.3) is 6.08 Å². The molecule has 1 saturated heterocycles. The van der Waals surface area contributed by atoms with Crippen molar-refractivity contribution in [3.63, 3.8) is 0 Å². The monoisotopic (exact) mass is 200 g/mol. The Kier molecular flexibility index (Phi) is 1.96. The van der Waals surface area contributed by atoms with E-state index in [4.69, 9.17) is 4.74 Å². The van der Waals surface area contributed by atoms with Crippen LogP contribution < -0.4 is 0 Å². The molecule has 15 heavy (non-hydrogen) atoms. The Bertz CT molecular complexity index is 382. The molecule has 1 saturated carbocycles. The van der Waals surface area contributed by atoms with E-state index < -0.39 is 0 Å². The maximum absolute atomic E-state index is 5.75. The molecule has 0 amide bonds. The summed E-state index contributed by atoms with van der Waals surface area (Å²) in [6.45, 7) is 3.27. The largest absolute Gasteiger partial charge is 0.373 e. The molecule has 1 heteroatoms. The fourth-order valence-electron chi connectivity index (χ4n) is 2.48. The molecule has 1 heterocycles. The molecule has 1 aliphatic heterocycles. The van der Waals surface area contributed by atoms with Gasteiger partial charge in [-0.05, 0) is 23.3 Å². The molecule has 0 radical (unpaired) electrons. The van der Waals surface area contributed by atoms with E-state index in [9.17, 15) is 0 Å². The van der Waals surface area contributed by atoms with Gasteiger partial charge in [0.15, 0.2) is 0 Å². The Morgan fingerprint density at radius 2 is 2.13 bits per heavy atom. The average Bonchev–Trinajstić information content (AvgIpc) is 2.84. The van der Waals surface area contributed by atoms with Crippen LogP contribution >= 0.6 is 0 Å². The van der Waals surface area contributed by atoms with Gasteiger partial charge in [-0.25, -0.2) is 0 Å². The highest BCUT2D eigenvalue weighted by molar-refractivity contribution is 5.49. The van der Waals surface area contributed by atoms with Gasteiger partial charge in [-0.1, -0.05) is 49.4 Å². The van der Waals surface area contributed by atoms with Crippen LogP contribution in [0.3, 0.4) is 0 Å². The summed E-state index contributed by atoms with van der Waals surface area (Å²) in [6.07, 6.45) is 6.10. The minimum absolute atomic E-state index is 0.357. The summed E-state index contributed by atoms with van der Waals surface area (Å²) < 4.78 is 5.75. The predicted octanol–water partition coefficient (Wildman–Crippen LogP) is 3.12. The van der Waals surface area contributed by atoms with Crippen molar-refractivity contribution in [2.24, 2.45) is 11.3 Å². The molecule has 1 aromatic carbocycles. The quantitative estimate of drug-likeness (QED) is 0.712. The van der Waals surface area contributed by atoms with Crippen LogP contribution in [0, 0.1) is 11.3 Å². The summed E-state index contributed by atoms with van der Waals surface area (Å²) in [5.41, 5.74) is 1.77. The van der Waals surface area contributed by atoms with Gasteiger partial charge in [0.25, 0.3) is 0 Å². The lowest BCUT2D eigenvalue weighted by Crippen LogP contribution is -2.05. The third kappa shape index (κ3) is 1.61. The molecule has 0 spiro atoms. The SMILES string of the molecule is C[C@@]12CO[C@@H](/C=C/c3ccccc3)C1C2. The molecule has 78 valence electrons. The van der Waals surface area contributed by atoms with Gasteiger partial charge >= 0.3 is 0 Å². The second-order valence-electron chi connectivity index (χ2n) is 5.01. The van der Waals surface area contributed by atoms with Crippen molar-refractivity contribution >= 4 is 6.08 Å². The Morgan fingerprint density at radius 3 is 2.73 bits per heavy atom. The molecule has 2 aliphatic rings. The molecule has 0 bridgehead atoms. The maximum Gasteiger partial charge on any atom is 0.0793 e. The fraction of sp³-hybridized carbons (Fsp3) is 0.429. The van der Waals surface area contributed by atoms with Gasteiger partial charge < -0.3 is 4.74 Å². The van der Waals surface area contributed by atoms with E-state index in [-0.39, 0.29) is 0 Å². The summed E-state index contributed by atoms with van der Waals surface area (Å²) in [5, 5.41) is 0. The first kappa shape index (κ1) is 9.17.